The van der Waals surface area contributed by atoms with Crippen molar-refractivity contribution in [2.75, 3.05) is 18.5 Å². The maximum Gasteiger partial charge on any atom is 0.0888 e. The fourth-order valence-corrected chi connectivity index (χ4v) is 1.27. The van der Waals surface area contributed by atoms with Gasteiger partial charge in [-0.15, -0.1) is 0 Å². The van der Waals surface area contributed by atoms with E-state index in [-0.39, 0.29) is 0 Å². The van der Waals surface area contributed by atoms with Crippen molar-refractivity contribution in [2.24, 2.45) is 5.92 Å². The van der Waals surface area contributed by atoms with Crippen LogP contribution in [0.5, 0.6) is 0 Å². The first kappa shape index (κ1) is 12.0. The van der Waals surface area contributed by atoms with Crippen LogP contribution in [0.1, 0.15) is 26.5 Å². The van der Waals surface area contributed by atoms with Crippen molar-refractivity contribution in [3.05, 3.63) is 24.0 Å². The van der Waals surface area contributed by atoms with E-state index in [1.54, 1.807) is 0 Å². The van der Waals surface area contributed by atoms with Crippen LogP contribution in [-0.4, -0.2) is 18.1 Å². The monoisotopic (exact) mass is 208 g/mol. The molecule has 0 spiro atoms. The maximum absolute atomic E-state index is 5.52. The van der Waals surface area contributed by atoms with Crippen LogP contribution >= 0.6 is 0 Å². The van der Waals surface area contributed by atoms with Crippen molar-refractivity contribution in [1.29, 1.82) is 0 Å². The highest BCUT2D eigenvalue weighted by Gasteiger charge is 1.98. The van der Waals surface area contributed by atoms with Gasteiger partial charge in [0.15, 0.2) is 0 Å². The van der Waals surface area contributed by atoms with E-state index < -0.39 is 0 Å². The third kappa shape index (κ3) is 4.79. The van der Waals surface area contributed by atoms with Gasteiger partial charge in [0, 0.05) is 25.0 Å². The Morgan fingerprint density at radius 3 is 2.93 bits per heavy atom. The minimum atomic E-state index is 0.571. The molecule has 1 rings (SSSR count). The van der Waals surface area contributed by atoms with Gasteiger partial charge in [0.1, 0.15) is 0 Å². The zero-order valence-electron chi connectivity index (χ0n) is 9.79. The smallest absolute Gasteiger partial charge is 0.0888 e. The summed E-state index contributed by atoms with van der Waals surface area (Å²) >= 11 is 0. The highest BCUT2D eigenvalue weighted by molar-refractivity contribution is 5.42. The quantitative estimate of drug-likeness (QED) is 0.780. The molecule has 0 aliphatic heterocycles. The van der Waals surface area contributed by atoms with Gasteiger partial charge in [-0.2, -0.15) is 0 Å². The van der Waals surface area contributed by atoms with Crippen LogP contribution in [0, 0.1) is 5.92 Å². The van der Waals surface area contributed by atoms with E-state index >= 15 is 0 Å². The molecule has 0 saturated carbocycles. The molecule has 0 radical (unpaired) electrons. The van der Waals surface area contributed by atoms with E-state index in [1.807, 2.05) is 18.3 Å². The molecule has 0 aliphatic rings. The van der Waals surface area contributed by atoms with Gasteiger partial charge in [-0.3, -0.25) is 4.98 Å². The third-order valence-electron chi connectivity index (χ3n) is 1.90. The van der Waals surface area contributed by atoms with Crippen LogP contribution in [-0.2, 0) is 11.3 Å². The number of nitrogens with one attached hydrogen (secondary N) is 1. The lowest BCUT2D eigenvalue weighted by Gasteiger charge is -2.08. The average molecular weight is 208 g/mol. The first-order valence-corrected chi connectivity index (χ1v) is 5.49. The van der Waals surface area contributed by atoms with Crippen LogP contribution in [0.15, 0.2) is 18.3 Å². The summed E-state index contributed by atoms with van der Waals surface area (Å²) in [4.78, 5) is 4.25. The Morgan fingerprint density at radius 2 is 2.27 bits per heavy atom. The van der Waals surface area contributed by atoms with E-state index in [4.69, 9.17) is 4.74 Å². The molecule has 1 N–H and O–H groups in total. The SMILES string of the molecule is CCNc1ccnc(COCC(C)C)c1. The molecular formula is C12H20N2O. The number of hydrogen-bond donors (Lipinski definition) is 1. The molecule has 0 bridgehead atoms. The molecule has 1 heterocycles. The Bertz CT molecular complexity index is 287. The highest BCUT2D eigenvalue weighted by Crippen LogP contribution is 2.08. The summed E-state index contributed by atoms with van der Waals surface area (Å²) in [6.45, 7) is 8.67. The van der Waals surface area contributed by atoms with Gasteiger partial charge >= 0.3 is 0 Å². The molecule has 1 aromatic rings. The molecule has 0 saturated heterocycles. The topological polar surface area (TPSA) is 34.2 Å². The number of aromatic nitrogens is 1. The zero-order chi connectivity index (χ0) is 11.1. The minimum absolute atomic E-state index is 0.571. The molecule has 84 valence electrons. The van der Waals surface area contributed by atoms with E-state index in [0.717, 1.165) is 24.5 Å². The number of rotatable bonds is 6. The lowest BCUT2D eigenvalue weighted by atomic mass is 10.2. The highest BCUT2D eigenvalue weighted by atomic mass is 16.5. The maximum atomic E-state index is 5.52. The summed E-state index contributed by atoms with van der Waals surface area (Å²) in [5.74, 6) is 0.571. The Balaban J connectivity index is 2.43. The molecule has 0 aromatic carbocycles. The molecule has 0 atom stereocenters. The lowest BCUT2D eigenvalue weighted by molar-refractivity contribution is 0.0948. The molecule has 3 heteroatoms. The molecule has 3 nitrogen and oxygen atoms in total. The molecule has 1 aromatic heterocycles. The van der Waals surface area contributed by atoms with Crippen LogP contribution in [0.4, 0.5) is 5.69 Å². The molecule has 0 aliphatic carbocycles. The fraction of sp³-hybridized carbons (Fsp3) is 0.583. The second-order valence-electron chi connectivity index (χ2n) is 3.98. The number of anilines is 1. The molecular weight excluding hydrogens is 188 g/mol. The Morgan fingerprint density at radius 1 is 1.47 bits per heavy atom. The van der Waals surface area contributed by atoms with Gasteiger partial charge in [-0.25, -0.2) is 0 Å². The van der Waals surface area contributed by atoms with Gasteiger partial charge < -0.3 is 10.1 Å². The first-order chi connectivity index (χ1) is 7.22. The van der Waals surface area contributed by atoms with E-state index in [0.29, 0.717) is 12.5 Å². The Hall–Kier alpha value is -1.09. The van der Waals surface area contributed by atoms with Crippen molar-refractivity contribution >= 4 is 5.69 Å². The van der Waals surface area contributed by atoms with Gasteiger partial charge in [0.05, 0.1) is 12.3 Å². The minimum Gasteiger partial charge on any atom is -0.385 e. The van der Waals surface area contributed by atoms with Gasteiger partial charge in [0.2, 0.25) is 0 Å². The Labute approximate surface area is 91.9 Å². The standard InChI is InChI=1S/C12H20N2O/c1-4-13-11-5-6-14-12(7-11)9-15-8-10(2)3/h5-7,10H,4,8-9H2,1-3H3,(H,13,14). The number of hydrogen-bond acceptors (Lipinski definition) is 3. The second-order valence-corrected chi connectivity index (χ2v) is 3.98. The molecule has 0 unspecified atom stereocenters. The largest absolute Gasteiger partial charge is 0.385 e. The molecule has 0 fully saturated rings. The van der Waals surface area contributed by atoms with Gasteiger partial charge in [0.25, 0.3) is 0 Å². The zero-order valence-corrected chi connectivity index (χ0v) is 9.79. The van der Waals surface area contributed by atoms with Crippen molar-refractivity contribution in [3.8, 4) is 0 Å². The average Bonchev–Trinajstić information content (AvgIpc) is 2.18. The van der Waals surface area contributed by atoms with Gasteiger partial charge in [-0.1, -0.05) is 13.8 Å². The number of pyridine rings is 1. The van der Waals surface area contributed by atoms with Crippen molar-refractivity contribution < 1.29 is 4.74 Å². The summed E-state index contributed by atoms with van der Waals surface area (Å²) in [6, 6.07) is 4.00. The van der Waals surface area contributed by atoms with Crippen LogP contribution < -0.4 is 5.32 Å². The first-order valence-electron chi connectivity index (χ1n) is 5.49. The van der Waals surface area contributed by atoms with Gasteiger partial charge in [-0.05, 0) is 25.0 Å². The molecule has 15 heavy (non-hydrogen) atoms. The van der Waals surface area contributed by atoms with Crippen LogP contribution in [0.25, 0.3) is 0 Å². The normalized spacial score (nSPS) is 10.7. The van der Waals surface area contributed by atoms with Crippen LogP contribution in [0.2, 0.25) is 0 Å². The van der Waals surface area contributed by atoms with E-state index in [2.05, 4.69) is 31.1 Å². The Kier molecular flexibility index (Phi) is 5.12. The summed E-state index contributed by atoms with van der Waals surface area (Å²) in [6.07, 6.45) is 1.81. The lowest BCUT2D eigenvalue weighted by Crippen LogP contribution is -2.04. The third-order valence-corrected chi connectivity index (χ3v) is 1.90. The van der Waals surface area contributed by atoms with Crippen molar-refractivity contribution in [3.63, 3.8) is 0 Å². The fourth-order valence-electron chi connectivity index (χ4n) is 1.27. The predicted molar refractivity (Wildman–Crippen MR) is 62.9 cm³/mol. The molecule has 0 amide bonds. The summed E-state index contributed by atoms with van der Waals surface area (Å²) < 4.78 is 5.52. The van der Waals surface area contributed by atoms with Crippen LogP contribution in [0.3, 0.4) is 0 Å². The second kappa shape index (κ2) is 6.40. The summed E-state index contributed by atoms with van der Waals surface area (Å²) in [5, 5.41) is 3.25. The number of ether oxygens (including phenoxy) is 1. The van der Waals surface area contributed by atoms with Crippen molar-refractivity contribution in [2.45, 2.75) is 27.4 Å². The predicted octanol–water partition coefficient (Wildman–Crippen LogP) is 2.69. The number of nitrogens with zero attached hydrogens (tertiary/aromatic N) is 1. The van der Waals surface area contributed by atoms with E-state index in [1.165, 1.54) is 0 Å². The summed E-state index contributed by atoms with van der Waals surface area (Å²) in [7, 11) is 0. The van der Waals surface area contributed by atoms with E-state index in [9.17, 15) is 0 Å². The summed E-state index contributed by atoms with van der Waals surface area (Å²) in [5.41, 5.74) is 2.09. The van der Waals surface area contributed by atoms with Crippen molar-refractivity contribution in [1.82, 2.24) is 4.98 Å².